The Morgan fingerprint density at radius 2 is 2.22 bits per heavy atom. The number of methoxy groups -OCH3 is 1. The van der Waals surface area contributed by atoms with Crippen molar-refractivity contribution in [2.75, 3.05) is 26.6 Å². The molecule has 0 amide bonds. The van der Waals surface area contributed by atoms with Crippen LogP contribution in [0.1, 0.15) is 0 Å². The highest BCUT2D eigenvalue weighted by Crippen LogP contribution is 1.98. The van der Waals surface area contributed by atoms with Crippen molar-refractivity contribution < 1.29 is 9.47 Å². The van der Waals surface area contributed by atoms with E-state index in [1.807, 2.05) is 6.26 Å². The molecule has 0 fully saturated rings. The monoisotopic (exact) mass is 166 g/mol. The first-order valence-corrected chi connectivity index (χ1v) is 4.14. The molecule has 0 spiro atoms. The lowest BCUT2D eigenvalue weighted by Gasteiger charge is -2.01. The van der Waals surface area contributed by atoms with Gasteiger partial charge in [-0.3, -0.25) is 0 Å². The summed E-state index contributed by atoms with van der Waals surface area (Å²) in [5.74, 6) is 0. The third-order valence-corrected chi connectivity index (χ3v) is 1.74. The van der Waals surface area contributed by atoms with Gasteiger partial charge in [-0.1, -0.05) is 11.8 Å². The smallest absolute Gasteiger partial charge is 0.219 e. The van der Waals surface area contributed by atoms with Gasteiger partial charge in [0.15, 0.2) is 0 Å². The van der Waals surface area contributed by atoms with Crippen molar-refractivity contribution in [1.82, 2.24) is 0 Å². The molecular weight excluding hydrogens is 156 g/mol. The van der Waals surface area contributed by atoms with Crippen molar-refractivity contribution in [2.45, 2.75) is 0 Å². The third-order valence-electron chi connectivity index (χ3n) is 0.674. The molecule has 0 unspecified atom stereocenters. The van der Waals surface area contributed by atoms with Crippen LogP contribution in [0.4, 0.5) is 0 Å². The summed E-state index contributed by atoms with van der Waals surface area (Å²) in [6.45, 7) is 1.15. The Morgan fingerprint density at radius 3 is 2.67 bits per heavy atom. The second-order valence-corrected chi connectivity index (χ2v) is 2.70. The van der Waals surface area contributed by atoms with Crippen LogP contribution in [0.5, 0.6) is 0 Å². The molecule has 0 aliphatic carbocycles. The lowest BCUT2D eigenvalue weighted by atomic mass is 10.8. The van der Waals surface area contributed by atoms with Gasteiger partial charge in [-0.05, 0) is 18.5 Å². The fourth-order valence-electron chi connectivity index (χ4n) is 0.267. The van der Waals surface area contributed by atoms with E-state index in [-0.39, 0.29) is 0 Å². The van der Waals surface area contributed by atoms with Gasteiger partial charge in [0, 0.05) is 7.11 Å². The fraction of sp³-hybridized carbons (Fsp3) is 0.800. The van der Waals surface area contributed by atoms with Gasteiger partial charge in [0.2, 0.25) is 4.38 Å². The average molecular weight is 166 g/mol. The van der Waals surface area contributed by atoms with Crippen LogP contribution in [0, 0.1) is 0 Å². The van der Waals surface area contributed by atoms with Gasteiger partial charge in [-0.2, -0.15) is 0 Å². The predicted molar refractivity (Wildman–Crippen MR) is 43.9 cm³/mol. The first-order valence-electron chi connectivity index (χ1n) is 2.51. The topological polar surface area (TPSA) is 18.5 Å². The van der Waals surface area contributed by atoms with Crippen LogP contribution >= 0.6 is 24.0 Å². The van der Waals surface area contributed by atoms with E-state index in [9.17, 15) is 0 Å². The van der Waals surface area contributed by atoms with Crippen molar-refractivity contribution in [2.24, 2.45) is 0 Å². The second-order valence-electron chi connectivity index (χ2n) is 1.30. The van der Waals surface area contributed by atoms with Crippen LogP contribution in [-0.4, -0.2) is 31.0 Å². The molecule has 0 atom stereocenters. The van der Waals surface area contributed by atoms with E-state index in [0.29, 0.717) is 17.6 Å². The number of rotatable bonds is 3. The molecular formula is C5H10O2S2. The van der Waals surface area contributed by atoms with E-state index in [2.05, 4.69) is 0 Å². The van der Waals surface area contributed by atoms with Crippen LogP contribution in [0.2, 0.25) is 0 Å². The summed E-state index contributed by atoms with van der Waals surface area (Å²) in [7, 11) is 1.63. The average Bonchev–Trinajstić information content (AvgIpc) is 1.89. The van der Waals surface area contributed by atoms with Gasteiger partial charge < -0.3 is 9.47 Å². The molecule has 0 rings (SSSR count). The van der Waals surface area contributed by atoms with Gasteiger partial charge in [0.1, 0.15) is 6.61 Å². The summed E-state index contributed by atoms with van der Waals surface area (Å²) in [5.41, 5.74) is 0. The van der Waals surface area contributed by atoms with E-state index >= 15 is 0 Å². The molecule has 0 aliphatic rings. The van der Waals surface area contributed by atoms with E-state index in [4.69, 9.17) is 21.7 Å². The van der Waals surface area contributed by atoms with Gasteiger partial charge in [0.25, 0.3) is 0 Å². The van der Waals surface area contributed by atoms with E-state index in [1.165, 1.54) is 11.8 Å². The first kappa shape index (κ1) is 9.20. The molecule has 0 aliphatic heterocycles. The number of thioether (sulfide) groups is 1. The molecule has 0 bridgehead atoms. The number of thiocarbonyl (C=S) groups is 1. The van der Waals surface area contributed by atoms with Crippen LogP contribution in [0.15, 0.2) is 0 Å². The molecule has 0 N–H and O–H groups in total. The number of ether oxygens (including phenoxy) is 2. The maximum Gasteiger partial charge on any atom is 0.219 e. The summed E-state index contributed by atoms with van der Waals surface area (Å²) < 4.78 is 10.3. The van der Waals surface area contributed by atoms with Crippen molar-refractivity contribution in [3.05, 3.63) is 0 Å². The van der Waals surface area contributed by atoms with Crippen LogP contribution in [-0.2, 0) is 9.47 Å². The quantitative estimate of drug-likeness (QED) is 0.464. The zero-order chi connectivity index (χ0) is 7.11. The minimum absolute atomic E-state index is 0.552. The molecule has 54 valence electrons. The minimum Gasteiger partial charge on any atom is -0.476 e. The zero-order valence-electron chi connectivity index (χ0n) is 5.55. The molecule has 0 heterocycles. The Bertz CT molecular complexity index is 85.0. The van der Waals surface area contributed by atoms with Crippen LogP contribution in [0.25, 0.3) is 0 Å². The summed E-state index contributed by atoms with van der Waals surface area (Å²) >= 11 is 6.18. The number of hydrogen-bond acceptors (Lipinski definition) is 4. The molecule has 0 aromatic heterocycles. The van der Waals surface area contributed by atoms with Crippen molar-refractivity contribution in [1.29, 1.82) is 0 Å². The van der Waals surface area contributed by atoms with Gasteiger partial charge in [0.05, 0.1) is 6.61 Å². The fourth-order valence-corrected chi connectivity index (χ4v) is 0.552. The molecule has 2 nitrogen and oxygen atoms in total. The number of hydrogen-bond donors (Lipinski definition) is 0. The van der Waals surface area contributed by atoms with Crippen molar-refractivity contribution in [3.63, 3.8) is 0 Å². The standard InChI is InChI=1S/C5H10O2S2/c1-6-3-4-7-5(8)9-2/h3-4H2,1-2H3. The highest BCUT2D eigenvalue weighted by molar-refractivity contribution is 8.22. The van der Waals surface area contributed by atoms with Crippen LogP contribution in [0.3, 0.4) is 0 Å². The van der Waals surface area contributed by atoms with Crippen molar-refractivity contribution >= 4 is 28.4 Å². The minimum atomic E-state index is 0.552. The zero-order valence-corrected chi connectivity index (χ0v) is 7.18. The molecule has 4 heteroatoms. The largest absolute Gasteiger partial charge is 0.476 e. The maximum atomic E-state index is 5.00. The molecule has 0 saturated carbocycles. The Kier molecular flexibility index (Phi) is 6.46. The summed E-state index contributed by atoms with van der Waals surface area (Å²) in [6.07, 6.45) is 1.88. The molecule has 0 aromatic carbocycles. The highest BCUT2D eigenvalue weighted by atomic mass is 32.2. The van der Waals surface area contributed by atoms with Gasteiger partial charge >= 0.3 is 0 Å². The van der Waals surface area contributed by atoms with Gasteiger partial charge in [-0.15, -0.1) is 0 Å². The Balaban J connectivity index is 2.97. The molecule has 9 heavy (non-hydrogen) atoms. The normalized spacial score (nSPS) is 9.11. The summed E-state index contributed by atoms with van der Waals surface area (Å²) in [4.78, 5) is 0. The highest BCUT2D eigenvalue weighted by Gasteiger charge is 1.90. The second kappa shape index (κ2) is 6.32. The Hall–Kier alpha value is 0.200. The Morgan fingerprint density at radius 1 is 1.56 bits per heavy atom. The third kappa shape index (κ3) is 6.08. The molecule has 0 saturated heterocycles. The van der Waals surface area contributed by atoms with E-state index in [0.717, 1.165) is 0 Å². The maximum absolute atomic E-state index is 5.00. The Labute approximate surface area is 64.9 Å². The molecule has 0 radical (unpaired) electrons. The first-order chi connectivity index (χ1) is 4.31. The summed E-state index contributed by atoms with van der Waals surface area (Å²) in [6, 6.07) is 0. The van der Waals surface area contributed by atoms with E-state index < -0.39 is 0 Å². The lowest BCUT2D eigenvalue weighted by molar-refractivity contribution is 0.145. The predicted octanol–water partition coefficient (Wildman–Crippen LogP) is 1.30. The van der Waals surface area contributed by atoms with Crippen LogP contribution < -0.4 is 0 Å². The molecule has 0 aromatic rings. The van der Waals surface area contributed by atoms with Gasteiger partial charge in [-0.25, -0.2) is 0 Å². The summed E-state index contributed by atoms with van der Waals surface area (Å²) in [5, 5.41) is 0. The van der Waals surface area contributed by atoms with Crippen molar-refractivity contribution in [3.8, 4) is 0 Å². The van der Waals surface area contributed by atoms with E-state index in [1.54, 1.807) is 7.11 Å². The SMILES string of the molecule is COCCOC(=S)SC. The lowest BCUT2D eigenvalue weighted by Crippen LogP contribution is -2.03.